The molecule has 3 N–H and O–H groups in total. The van der Waals surface area contributed by atoms with Crippen LogP contribution in [0.3, 0.4) is 0 Å². The van der Waals surface area contributed by atoms with E-state index in [0.717, 1.165) is 0 Å². The number of carboxylic acid groups (broad SMARTS) is 1. The van der Waals surface area contributed by atoms with Crippen LogP contribution in [0.15, 0.2) is 30.3 Å². The van der Waals surface area contributed by atoms with Crippen molar-refractivity contribution in [2.24, 2.45) is 5.92 Å². The summed E-state index contributed by atoms with van der Waals surface area (Å²) in [5.41, 5.74) is 0.443. The molecule has 0 saturated heterocycles. The van der Waals surface area contributed by atoms with Crippen molar-refractivity contribution in [3.63, 3.8) is 0 Å². The Balaban J connectivity index is 2.47. The third kappa shape index (κ3) is 4.72. The molecule has 0 spiro atoms. The van der Waals surface area contributed by atoms with Gasteiger partial charge in [0.25, 0.3) is 5.91 Å². The number of amides is 2. The van der Waals surface area contributed by atoms with E-state index in [-0.39, 0.29) is 18.4 Å². The number of hydrogen-bond acceptors (Lipinski definition) is 3. The van der Waals surface area contributed by atoms with Crippen molar-refractivity contribution in [2.45, 2.75) is 19.9 Å². The van der Waals surface area contributed by atoms with E-state index in [0.29, 0.717) is 5.56 Å². The Morgan fingerprint density at radius 2 is 1.75 bits per heavy atom. The van der Waals surface area contributed by atoms with Crippen molar-refractivity contribution in [2.75, 3.05) is 6.54 Å². The molecule has 0 unspecified atom stereocenters. The minimum Gasteiger partial charge on any atom is -0.480 e. The molecule has 1 aromatic carbocycles. The summed E-state index contributed by atoms with van der Waals surface area (Å²) >= 11 is 0. The molecule has 1 aromatic rings. The first-order valence-electron chi connectivity index (χ1n) is 6.27. The van der Waals surface area contributed by atoms with Crippen LogP contribution in [-0.4, -0.2) is 35.5 Å². The molecular formula is C14H18N2O4. The number of carbonyl (C=O) groups is 3. The van der Waals surface area contributed by atoms with Gasteiger partial charge in [0.05, 0.1) is 6.54 Å². The van der Waals surface area contributed by atoms with E-state index in [1.54, 1.807) is 44.2 Å². The molecule has 6 nitrogen and oxygen atoms in total. The Morgan fingerprint density at radius 1 is 1.15 bits per heavy atom. The first-order valence-corrected chi connectivity index (χ1v) is 6.27. The highest BCUT2D eigenvalue weighted by molar-refractivity contribution is 5.96. The maximum Gasteiger partial charge on any atom is 0.326 e. The fourth-order valence-electron chi connectivity index (χ4n) is 1.59. The normalized spacial score (nSPS) is 11.8. The molecule has 0 radical (unpaired) electrons. The Kier molecular flexibility index (Phi) is 5.71. The highest BCUT2D eigenvalue weighted by atomic mass is 16.4. The van der Waals surface area contributed by atoms with Gasteiger partial charge in [0.15, 0.2) is 0 Å². The molecule has 0 aliphatic carbocycles. The van der Waals surface area contributed by atoms with Crippen LogP contribution >= 0.6 is 0 Å². The van der Waals surface area contributed by atoms with Crippen molar-refractivity contribution < 1.29 is 19.5 Å². The lowest BCUT2D eigenvalue weighted by atomic mass is 10.1. The van der Waals surface area contributed by atoms with Crippen LogP contribution in [0.1, 0.15) is 24.2 Å². The summed E-state index contributed by atoms with van der Waals surface area (Å²) < 4.78 is 0. The van der Waals surface area contributed by atoms with Gasteiger partial charge in [-0.05, 0) is 18.1 Å². The zero-order valence-corrected chi connectivity index (χ0v) is 11.4. The largest absolute Gasteiger partial charge is 0.480 e. The SMILES string of the molecule is CC(C)[C@@H](NC(=O)CNC(=O)c1ccccc1)C(=O)O. The van der Waals surface area contributed by atoms with Crippen LogP contribution in [0.5, 0.6) is 0 Å². The molecule has 0 aliphatic heterocycles. The zero-order chi connectivity index (χ0) is 15.1. The van der Waals surface area contributed by atoms with Gasteiger partial charge in [-0.3, -0.25) is 9.59 Å². The second-order valence-corrected chi connectivity index (χ2v) is 4.68. The van der Waals surface area contributed by atoms with Gasteiger partial charge in [-0.1, -0.05) is 32.0 Å². The predicted octanol–water partition coefficient (Wildman–Crippen LogP) is 0.642. The molecule has 0 aromatic heterocycles. The number of benzene rings is 1. The van der Waals surface area contributed by atoms with E-state index in [2.05, 4.69) is 10.6 Å². The maximum atomic E-state index is 11.7. The van der Waals surface area contributed by atoms with Gasteiger partial charge in [0, 0.05) is 5.56 Å². The number of rotatable bonds is 6. The van der Waals surface area contributed by atoms with Gasteiger partial charge in [-0.2, -0.15) is 0 Å². The van der Waals surface area contributed by atoms with Gasteiger partial charge in [0.1, 0.15) is 6.04 Å². The van der Waals surface area contributed by atoms with Crippen LogP contribution < -0.4 is 10.6 Å². The minimum absolute atomic E-state index is 0.235. The van der Waals surface area contributed by atoms with E-state index >= 15 is 0 Å². The third-order valence-corrected chi connectivity index (χ3v) is 2.69. The molecule has 6 heteroatoms. The summed E-state index contributed by atoms with van der Waals surface area (Å²) in [4.78, 5) is 34.2. The molecule has 0 bridgehead atoms. The van der Waals surface area contributed by atoms with Crippen molar-refractivity contribution in [1.29, 1.82) is 0 Å². The highest BCUT2D eigenvalue weighted by Gasteiger charge is 2.23. The van der Waals surface area contributed by atoms with Gasteiger partial charge >= 0.3 is 5.97 Å². The van der Waals surface area contributed by atoms with Crippen LogP contribution in [0, 0.1) is 5.92 Å². The van der Waals surface area contributed by atoms with Crippen molar-refractivity contribution in [3.8, 4) is 0 Å². The Hall–Kier alpha value is -2.37. The van der Waals surface area contributed by atoms with Crippen LogP contribution in [-0.2, 0) is 9.59 Å². The molecule has 0 saturated carbocycles. The van der Waals surface area contributed by atoms with Crippen molar-refractivity contribution in [1.82, 2.24) is 10.6 Å². The van der Waals surface area contributed by atoms with Crippen LogP contribution in [0.2, 0.25) is 0 Å². The molecule has 1 atom stereocenters. The fourth-order valence-corrected chi connectivity index (χ4v) is 1.59. The third-order valence-electron chi connectivity index (χ3n) is 2.69. The quantitative estimate of drug-likeness (QED) is 0.711. The average molecular weight is 278 g/mol. The number of aliphatic carboxylic acids is 1. The summed E-state index contributed by atoms with van der Waals surface area (Å²) in [5, 5.41) is 13.8. The molecule has 0 aliphatic rings. The minimum atomic E-state index is -1.09. The summed E-state index contributed by atoms with van der Waals surface area (Å²) in [6.45, 7) is 3.13. The van der Waals surface area contributed by atoms with E-state index in [1.807, 2.05) is 0 Å². The first-order chi connectivity index (χ1) is 9.41. The lowest BCUT2D eigenvalue weighted by molar-refractivity contribution is -0.142. The smallest absolute Gasteiger partial charge is 0.326 e. The van der Waals surface area contributed by atoms with Gasteiger partial charge in [0.2, 0.25) is 5.91 Å². The van der Waals surface area contributed by atoms with Gasteiger partial charge in [-0.25, -0.2) is 4.79 Å². The monoisotopic (exact) mass is 278 g/mol. The number of hydrogen-bond donors (Lipinski definition) is 3. The number of carbonyl (C=O) groups excluding carboxylic acids is 2. The Morgan fingerprint density at radius 3 is 2.25 bits per heavy atom. The lowest BCUT2D eigenvalue weighted by Gasteiger charge is -2.17. The van der Waals surface area contributed by atoms with E-state index in [1.165, 1.54) is 0 Å². The van der Waals surface area contributed by atoms with E-state index < -0.39 is 17.9 Å². The second kappa shape index (κ2) is 7.28. The van der Waals surface area contributed by atoms with Gasteiger partial charge < -0.3 is 15.7 Å². The molecule has 0 fully saturated rings. The summed E-state index contributed by atoms with van der Waals surface area (Å²) in [5.74, 6) is -2.24. The number of carboxylic acids is 1. The second-order valence-electron chi connectivity index (χ2n) is 4.68. The standard InChI is InChI=1S/C14H18N2O4/c1-9(2)12(14(19)20)16-11(17)8-15-13(18)10-6-4-3-5-7-10/h3-7,9,12H,8H2,1-2H3,(H,15,18)(H,16,17)(H,19,20)/t12-/m1/s1. The average Bonchev–Trinajstić information content (AvgIpc) is 2.42. The fraction of sp³-hybridized carbons (Fsp3) is 0.357. The molecule has 0 heterocycles. The maximum absolute atomic E-state index is 11.7. The Labute approximate surface area is 117 Å². The molecule has 108 valence electrons. The highest BCUT2D eigenvalue weighted by Crippen LogP contribution is 2.01. The molecule has 20 heavy (non-hydrogen) atoms. The zero-order valence-electron chi connectivity index (χ0n) is 11.4. The van der Waals surface area contributed by atoms with Crippen LogP contribution in [0.25, 0.3) is 0 Å². The summed E-state index contributed by atoms with van der Waals surface area (Å²) in [6.07, 6.45) is 0. The molecular weight excluding hydrogens is 260 g/mol. The van der Waals surface area contributed by atoms with E-state index in [4.69, 9.17) is 5.11 Å². The van der Waals surface area contributed by atoms with Gasteiger partial charge in [-0.15, -0.1) is 0 Å². The van der Waals surface area contributed by atoms with Crippen molar-refractivity contribution in [3.05, 3.63) is 35.9 Å². The van der Waals surface area contributed by atoms with Crippen molar-refractivity contribution >= 4 is 17.8 Å². The topological polar surface area (TPSA) is 95.5 Å². The Bertz CT molecular complexity index is 485. The molecule has 1 rings (SSSR count). The first kappa shape index (κ1) is 15.7. The number of nitrogens with one attached hydrogen (secondary N) is 2. The summed E-state index contributed by atoms with van der Waals surface area (Å²) in [6, 6.07) is 7.51. The van der Waals surface area contributed by atoms with E-state index in [9.17, 15) is 14.4 Å². The molecule has 2 amide bonds. The predicted molar refractivity (Wildman–Crippen MR) is 73.2 cm³/mol. The lowest BCUT2D eigenvalue weighted by Crippen LogP contribution is -2.48. The van der Waals surface area contributed by atoms with Crippen LogP contribution in [0.4, 0.5) is 0 Å². The summed E-state index contributed by atoms with van der Waals surface area (Å²) in [7, 11) is 0.